The quantitative estimate of drug-likeness (QED) is 0.597. The van der Waals surface area contributed by atoms with Crippen molar-refractivity contribution in [1.29, 1.82) is 0 Å². The summed E-state index contributed by atoms with van der Waals surface area (Å²) in [7, 11) is 0. The van der Waals surface area contributed by atoms with Crippen molar-refractivity contribution in [3.63, 3.8) is 0 Å². The van der Waals surface area contributed by atoms with E-state index in [2.05, 4.69) is 0 Å². The maximum Gasteiger partial charge on any atom is 0.168 e. The fourth-order valence-corrected chi connectivity index (χ4v) is 2.63. The SMILES string of the molecule is C[C@]1(O)C[C@@H]2CCCC[C@](O)(C1)O2. The number of aliphatic hydroxyl groups is 2. The minimum atomic E-state index is -1.05. The molecule has 0 aromatic carbocycles. The number of ether oxygens (including phenoxy) is 1. The lowest BCUT2D eigenvalue weighted by Gasteiger charge is -2.43. The normalized spacial score (nSPS) is 51.5. The van der Waals surface area contributed by atoms with Gasteiger partial charge in [0.05, 0.1) is 11.7 Å². The Kier molecular flexibility index (Phi) is 2.13. The molecule has 2 rings (SSSR count). The summed E-state index contributed by atoms with van der Waals surface area (Å²) in [5.74, 6) is -1.05. The first-order chi connectivity index (χ1) is 5.99. The van der Waals surface area contributed by atoms with Crippen LogP contribution in [-0.4, -0.2) is 27.7 Å². The predicted octanol–water partition coefficient (Wildman–Crippen LogP) is 1.18. The summed E-state index contributed by atoms with van der Waals surface area (Å²) < 4.78 is 5.57. The van der Waals surface area contributed by atoms with E-state index in [1.807, 2.05) is 0 Å². The Labute approximate surface area is 78.7 Å². The van der Waals surface area contributed by atoms with Gasteiger partial charge in [0, 0.05) is 19.3 Å². The Hall–Kier alpha value is -0.120. The van der Waals surface area contributed by atoms with Crippen LogP contribution < -0.4 is 0 Å². The van der Waals surface area contributed by atoms with Gasteiger partial charge in [-0.15, -0.1) is 0 Å². The summed E-state index contributed by atoms with van der Waals surface area (Å²) in [6.45, 7) is 1.79. The Morgan fingerprint density at radius 2 is 2.08 bits per heavy atom. The molecule has 2 aliphatic heterocycles. The number of hydrogen-bond acceptors (Lipinski definition) is 3. The predicted molar refractivity (Wildman–Crippen MR) is 48.1 cm³/mol. The van der Waals surface area contributed by atoms with Crippen LogP contribution in [0.15, 0.2) is 0 Å². The molecule has 0 unspecified atom stereocenters. The highest BCUT2D eigenvalue weighted by Crippen LogP contribution is 2.40. The van der Waals surface area contributed by atoms with Crippen molar-refractivity contribution >= 4 is 0 Å². The molecule has 0 spiro atoms. The molecule has 0 aromatic heterocycles. The average Bonchev–Trinajstić information content (AvgIpc) is 2.05. The van der Waals surface area contributed by atoms with Crippen LogP contribution in [0.3, 0.4) is 0 Å². The van der Waals surface area contributed by atoms with Gasteiger partial charge in [0.15, 0.2) is 5.79 Å². The summed E-state index contributed by atoms with van der Waals surface area (Å²) in [6, 6.07) is 0. The molecule has 3 atom stereocenters. The lowest BCUT2D eigenvalue weighted by atomic mass is 9.86. The summed E-state index contributed by atoms with van der Waals surface area (Å²) >= 11 is 0. The van der Waals surface area contributed by atoms with Crippen molar-refractivity contribution in [3.05, 3.63) is 0 Å². The monoisotopic (exact) mass is 186 g/mol. The van der Waals surface area contributed by atoms with Crippen molar-refractivity contribution in [2.24, 2.45) is 0 Å². The second kappa shape index (κ2) is 2.94. The molecule has 2 aliphatic rings. The molecule has 2 bridgehead atoms. The van der Waals surface area contributed by atoms with Gasteiger partial charge >= 0.3 is 0 Å². The highest BCUT2D eigenvalue weighted by atomic mass is 16.6. The zero-order valence-electron chi connectivity index (χ0n) is 8.12. The minimum Gasteiger partial charge on any atom is -0.390 e. The summed E-state index contributed by atoms with van der Waals surface area (Å²) in [6.07, 6.45) is 4.81. The third-order valence-corrected chi connectivity index (χ3v) is 3.05. The standard InChI is InChI=1S/C10H18O3/c1-9(11)6-8-4-2-3-5-10(12,7-9)13-8/h8,11-12H,2-7H2,1H3/t8-,9-,10+/m0/s1. The maximum absolute atomic E-state index is 10.0. The van der Waals surface area contributed by atoms with Crippen LogP contribution in [0.2, 0.25) is 0 Å². The van der Waals surface area contributed by atoms with Gasteiger partial charge in [-0.3, -0.25) is 0 Å². The molecule has 0 radical (unpaired) electrons. The Balaban J connectivity index is 2.17. The molecule has 76 valence electrons. The number of rotatable bonds is 0. The van der Waals surface area contributed by atoms with Crippen molar-refractivity contribution in [2.75, 3.05) is 0 Å². The molecular formula is C10H18O3. The van der Waals surface area contributed by atoms with Gasteiger partial charge < -0.3 is 14.9 Å². The van der Waals surface area contributed by atoms with Gasteiger partial charge in [-0.2, -0.15) is 0 Å². The molecule has 2 fully saturated rings. The van der Waals surface area contributed by atoms with Gasteiger partial charge in [-0.1, -0.05) is 6.42 Å². The zero-order chi connectivity index (χ0) is 9.53. The summed E-state index contributed by atoms with van der Waals surface area (Å²) in [5, 5.41) is 20.0. The fraction of sp³-hybridized carbons (Fsp3) is 1.00. The molecular weight excluding hydrogens is 168 g/mol. The van der Waals surface area contributed by atoms with Crippen molar-refractivity contribution in [1.82, 2.24) is 0 Å². The van der Waals surface area contributed by atoms with E-state index in [0.29, 0.717) is 19.3 Å². The molecule has 3 heteroatoms. The number of hydrogen-bond donors (Lipinski definition) is 2. The summed E-state index contributed by atoms with van der Waals surface area (Å²) in [5.41, 5.74) is -0.748. The van der Waals surface area contributed by atoms with Gasteiger partial charge in [-0.05, 0) is 19.8 Å². The van der Waals surface area contributed by atoms with Gasteiger partial charge in [0.1, 0.15) is 0 Å². The molecule has 0 aromatic rings. The molecule has 2 N–H and O–H groups in total. The third-order valence-electron chi connectivity index (χ3n) is 3.05. The second-order valence-electron chi connectivity index (χ2n) is 4.81. The van der Waals surface area contributed by atoms with E-state index in [1.165, 1.54) is 0 Å². The first-order valence-electron chi connectivity index (χ1n) is 5.12. The van der Waals surface area contributed by atoms with E-state index in [9.17, 15) is 10.2 Å². The molecule has 3 nitrogen and oxygen atoms in total. The lowest BCUT2D eigenvalue weighted by molar-refractivity contribution is -0.287. The number of fused-ring (bicyclic) bond motifs is 2. The Bertz CT molecular complexity index is 202. The molecule has 13 heavy (non-hydrogen) atoms. The van der Waals surface area contributed by atoms with E-state index < -0.39 is 11.4 Å². The van der Waals surface area contributed by atoms with Gasteiger partial charge in [0.2, 0.25) is 0 Å². The average molecular weight is 186 g/mol. The van der Waals surface area contributed by atoms with E-state index >= 15 is 0 Å². The maximum atomic E-state index is 10.0. The van der Waals surface area contributed by atoms with Crippen LogP contribution in [0.1, 0.15) is 45.4 Å². The molecule has 2 saturated heterocycles. The van der Waals surface area contributed by atoms with E-state index in [1.54, 1.807) is 6.92 Å². The topological polar surface area (TPSA) is 49.7 Å². The fourth-order valence-electron chi connectivity index (χ4n) is 2.63. The molecule has 0 saturated carbocycles. The van der Waals surface area contributed by atoms with Crippen molar-refractivity contribution in [2.45, 2.75) is 62.9 Å². The minimum absolute atomic E-state index is 0.0521. The molecule has 0 aliphatic carbocycles. The van der Waals surface area contributed by atoms with E-state index in [-0.39, 0.29) is 6.10 Å². The zero-order valence-corrected chi connectivity index (χ0v) is 8.12. The van der Waals surface area contributed by atoms with Crippen LogP contribution in [0.5, 0.6) is 0 Å². The molecule has 0 amide bonds. The molecule has 2 heterocycles. The van der Waals surface area contributed by atoms with Crippen LogP contribution in [-0.2, 0) is 4.74 Å². The first-order valence-corrected chi connectivity index (χ1v) is 5.12. The van der Waals surface area contributed by atoms with Crippen molar-refractivity contribution < 1.29 is 14.9 Å². The van der Waals surface area contributed by atoms with Gasteiger partial charge in [-0.25, -0.2) is 0 Å². The Morgan fingerprint density at radius 1 is 1.31 bits per heavy atom. The van der Waals surface area contributed by atoms with Gasteiger partial charge in [0.25, 0.3) is 0 Å². The van der Waals surface area contributed by atoms with Crippen LogP contribution in [0.25, 0.3) is 0 Å². The van der Waals surface area contributed by atoms with Crippen LogP contribution >= 0.6 is 0 Å². The first kappa shape index (κ1) is 9.44. The highest BCUT2D eigenvalue weighted by molar-refractivity contribution is 4.91. The lowest BCUT2D eigenvalue weighted by Crippen LogP contribution is -2.50. The second-order valence-corrected chi connectivity index (χ2v) is 4.81. The van der Waals surface area contributed by atoms with Crippen molar-refractivity contribution in [3.8, 4) is 0 Å². The van der Waals surface area contributed by atoms with Crippen LogP contribution in [0.4, 0.5) is 0 Å². The van der Waals surface area contributed by atoms with Crippen LogP contribution in [0, 0.1) is 0 Å². The Morgan fingerprint density at radius 3 is 2.85 bits per heavy atom. The summed E-state index contributed by atoms with van der Waals surface area (Å²) in [4.78, 5) is 0. The smallest absolute Gasteiger partial charge is 0.168 e. The van der Waals surface area contributed by atoms with E-state index in [0.717, 1.165) is 19.3 Å². The largest absolute Gasteiger partial charge is 0.390 e. The highest BCUT2D eigenvalue weighted by Gasteiger charge is 2.45. The van der Waals surface area contributed by atoms with E-state index in [4.69, 9.17) is 4.74 Å². The third kappa shape index (κ3) is 2.03.